The zero-order valence-electron chi connectivity index (χ0n) is 13.5. The lowest BCUT2D eigenvalue weighted by molar-refractivity contribution is -0.974. The third-order valence-corrected chi connectivity index (χ3v) is 5.35. The Hall–Kier alpha value is -0.610. The predicted molar refractivity (Wildman–Crippen MR) is 84.8 cm³/mol. The lowest BCUT2D eigenvalue weighted by atomic mass is 9.97. The van der Waals surface area contributed by atoms with Gasteiger partial charge in [0.05, 0.1) is 25.6 Å². The van der Waals surface area contributed by atoms with E-state index in [1.165, 1.54) is 64.5 Å². The van der Waals surface area contributed by atoms with Crippen LogP contribution in [0.1, 0.15) is 70.6 Å². The Bertz CT molecular complexity index is 314. The van der Waals surface area contributed by atoms with Crippen LogP contribution in [0.3, 0.4) is 0 Å². The molecular weight excluding hydrogens is 264 g/mol. The van der Waals surface area contributed by atoms with Gasteiger partial charge in [-0.25, -0.2) is 4.59 Å². The highest BCUT2D eigenvalue weighted by Crippen LogP contribution is 2.22. The molecule has 2 rings (SSSR count). The second-order valence-electron chi connectivity index (χ2n) is 7.02. The molecule has 0 radical (unpaired) electrons. The van der Waals surface area contributed by atoms with Crippen LogP contribution in [0.25, 0.3) is 0 Å². The summed E-state index contributed by atoms with van der Waals surface area (Å²) >= 11 is 0. The van der Waals surface area contributed by atoms with Crippen molar-refractivity contribution in [2.45, 2.75) is 70.6 Å². The zero-order valence-corrected chi connectivity index (χ0v) is 13.5. The van der Waals surface area contributed by atoms with Crippen molar-refractivity contribution in [3.63, 3.8) is 0 Å². The van der Waals surface area contributed by atoms with Crippen LogP contribution in [0.15, 0.2) is 0 Å². The average Bonchev–Trinajstić information content (AvgIpc) is 2.50. The molecule has 2 N–H and O–H groups in total. The van der Waals surface area contributed by atoms with Crippen LogP contribution in [0.2, 0.25) is 0 Å². The minimum Gasteiger partial charge on any atom is -0.481 e. The highest BCUT2D eigenvalue weighted by molar-refractivity contribution is 5.69. The first kappa shape index (κ1) is 16.8. The lowest BCUT2D eigenvalue weighted by Gasteiger charge is -2.41. The normalized spacial score (nSPS) is 33.6. The van der Waals surface area contributed by atoms with E-state index in [-0.39, 0.29) is 5.92 Å². The number of carboxylic acid groups (broad SMARTS) is 1. The van der Waals surface area contributed by atoms with Crippen LogP contribution < -0.4 is 5.43 Å². The average molecular weight is 297 g/mol. The van der Waals surface area contributed by atoms with Crippen LogP contribution in [0, 0.1) is 5.92 Å². The molecule has 0 aromatic rings. The van der Waals surface area contributed by atoms with Crippen LogP contribution in [0.5, 0.6) is 0 Å². The number of carbonyl (C=O) groups is 1. The Morgan fingerprint density at radius 1 is 0.810 bits per heavy atom. The Kier molecular flexibility index (Phi) is 6.97. The highest BCUT2D eigenvalue weighted by atomic mass is 16.4. The molecule has 122 valence electrons. The fourth-order valence-electron chi connectivity index (χ4n) is 3.91. The van der Waals surface area contributed by atoms with Gasteiger partial charge in [0, 0.05) is 13.0 Å². The van der Waals surface area contributed by atoms with Crippen molar-refractivity contribution in [2.24, 2.45) is 5.92 Å². The van der Waals surface area contributed by atoms with Crippen molar-refractivity contribution in [1.82, 2.24) is 5.43 Å². The summed E-state index contributed by atoms with van der Waals surface area (Å²) in [7, 11) is 0. The van der Waals surface area contributed by atoms with Gasteiger partial charge in [-0.05, 0) is 32.1 Å². The van der Waals surface area contributed by atoms with E-state index >= 15 is 0 Å². The van der Waals surface area contributed by atoms with Gasteiger partial charge in [-0.15, -0.1) is 0 Å². The third kappa shape index (κ3) is 5.59. The smallest absolute Gasteiger partial charge is 0.306 e. The third-order valence-electron chi connectivity index (χ3n) is 5.35. The summed E-state index contributed by atoms with van der Waals surface area (Å²) in [4.78, 5) is 11.5. The topological polar surface area (TPSA) is 49.3 Å². The maximum atomic E-state index is 11.5. The molecule has 0 aliphatic carbocycles. The molecular formula is C17H33N2O2+. The summed E-state index contributed by atoms with van der Waals surface area (Å²) in [5, 5.41) is 9.46. The summed E-state index contributed by atoms with van der Waals surface area (Å²) in [5.74, 6) is -0.718. The second kappa shape index (κ2) is 8.74. The van der Waals surface area contributed by atoms with Gasteiger partial charge in [0.1, 0.15) is 0 Å². The molecule has 2 fully saturated rings. The molecule has 1 spiro atoms. The Morgan fingerprint density at radius 3 is 2.05 bits per heavy atom. The van der Waals surface area contributed by atoms with Gasteiger partial charge in [0.25, 0.3) is 0 Å². The van der Waals surface area contributed by atoms with Crippen molar-refractivity contribution in [3.05, 3.63) is 0 Å². The molecule has 0 aromatic carbocycles. The Labute approximate surface area is 129 Å². The van der Waals surface area contributed by atoms with Crippen molar-refractivity contribution in [1.29, 1.82) is 0 Å². The first-order chi connectivity index (χ1) is 10.2. The Morgan fingerprint density at radius 2 is 1.43 bits per heavy atom. The van der Waals surface area contributed by atoms with E-state index in [0.29, 0.717) is 0 Å². The van der Waals surface area contributed by atoms with Gasteiger partial charge < -0.3 is 5.11 Å². The summed E-state index contributed by atoms with van der Waals surface area (Å²) in [6, 6.07) is 0. The van der Waals surface area contributed by atoms with E-state index < -0.39 is 5.97 Å². The fourth-order valence-corrected chi connectivity index (χ4v) is 3.91. The summed E-state index contributed by atoms with van der Waals surface area (Å²) < 4.78 is 0.976. The zero-order chi connectivity index (χ0) is 15.0. The van der Waals surface area contributed by atoms with E-state index in [9.17, 15) is 9.90 Å². The first-order valence-corrected chi connectivity index (χ1v) is 9.06. The number of nitrogens with one attached hydrogen (secondary N) is 1. The number of hydrogen-bond donors (Lipinski definition) is 2. The standard InChI is InChI=1S/C17H32N2O2/c20-17(21)16-10-6-4-2-1-3-5-8-13-19(15-11-16)14-9-7-12-18-19/h16,18H,1-15H2/p+1. The molecule has 21 heavy (non-hydrogen) atoms. The van der Waals surface area contributed by atoms with Crippen molar-refractivity contribution < 1.29 is 14.5 Å². The predicted octanol–water partition coefficient (Wildman–Crippen LogP) is 3.33. The summed E-state index contributed by atoms with van der Waals surface area (Å²) in [6.45, 7) is 4.47. The van der Waals surface area contributed by atoms with Crippen LogP contribution in [0.4, 0.5) is 0 Å². The highest BCUT2D eigenvalue weighted by Gasteiger charge is 2.31. The molecule has 0 bridgehead atoms. The molecule has 0 amide bonds. The largest absolute Gasteiger partial charge is 0.481 e. The van der Waals surface area contributed by atoms with Crippen LogP contribution >= 0.6 is 0 Å². The molecule has 2 atom stereocenters. The number of quaternary nitrogens is 1. The van der Waals surface area contributed by atoms with Gasteiger partial charge in [0.15, 0.2) is 0 Å². The van der Waals surface area contributed by atoms with Gasteiger partial charge in [0.2, 0.25) is 0 Å². The van der Waals surface area contributed by atoms with E-state index in [4.69, 9.17) is 0 Å². The van der Waals surface area contributed by atoms with E-state index in [1.54, 1.807) is 0 Å². The van der Waals surface area contributed by atoms with Gasteiger partial charge >= 0.3 is 5.97 Å². The molecule has 4 nitrogen and oxygen atoms in total. The monoisotopic (exact) mass is 297 g/mol. The van der Waals surface area contributed by atoms with E-state index in [1.807, 2.05) is 0 Å². The number of nitrogens with zero attached hydrogens (tertiary/aromatic N) is 1. The molecule has 2 unspecified atom stereocenters. The van der Waals surface area contributed by atoms with Gasteiger partial charge in [-0.3, -0.25) is 4.79 Å². The minimum absolute atomic E-state index is 0.135. The van der Waals surface area contributed by atoms with E-state index in [2.05, 4.69) is 5.43 Å². The fraction of sp³-hybridized carbons (Fsp3) is 0.941. The number of hydrogen-bond acceptors (Lipinski definition) is 2. The van der Waals surface area contributed by atoms with Crippen LogP contribution in [-0.4, -0.2) is 41.8 Å². The molecule has 0 aromatic heterocycles. The maximum absolute atomic E-state index is 11.5. The molecule has 4 heteroatoms. The van der Waals surface area contributed by atoms with Gasteiger partial charge in [-0.1, -0.05) is 32.1 Å². The quantitative estimate of drug-likeness (QED) is 0.730. The second-order valence-corrected chi connectivity index (χ2v) is 7.02. The maximum Gasteiger partial charge on any atom is 0.306 e. The minimum atomic E-state index is -0.583. The van der Waals surface area contributed by atoms with Gasteiger partial charge in [-0.2, -0.15) is 5.43 Å². The van der Waals surface area contributed by atoms with Crippen molar-refractivity contribution >= 4 is 5.97 Å². The number of carboxylic acids is 1. The molecule has 2 saturated heterocycles. The number of rotatable bonds is 1. The molecule has 2 aliphatic heterocycles. The van der Waals surface area contributed by atoms with Crippen molar-refractivity contribution in [2.75, 3.05) is 26.2 Å². The Balaban J connectivity index is 1.97. The molecule has 2 heterocycles. The van der Waals surface area contributed by atoms with Crippen molar-refractivity contribution in [3.8, 4) is 0 Å². The molecule has 2 aliphatic rings. The SMILES string of the molecule is O=C(O)C1CCCCCCCCC[N+]2(CCCCN2)CC1. The number of aliphatic carboxylic acids is 1. The summed E-state index contributed by atoms with van der Waals surface area (Å²) in [6.07, 6.45) is 13.1. The lowest BCUT2D eigenvalue weighted by Crippen LogP contribution is -2.62. The van der Waals surface area contributed by atoms with Crippen LogP contribution in [-0.2, 0) is 4.79 Å². The molecule has 0 saturated carbocycles. The summed E-state index contributed by atoms with van der Waals surface area (Å²) in [5.41, 5.74) is 3.71. The first-order valence-electron chi connectivity index (χ1n) is 9.06. The van der Waals surface area contributed by atoms with E-state index in [0.717, 1.165) is 36.9 Å².